The van der Waals surface area contributed by atoms with Gasteiger partial charge in [-0.25, -0.2) is 14.4 Å². The van der Waals surface area contributed by atoms with Gasteiger partial charge in [0.2, 0.25) is 0 Å². The van der Waals surface area contributed by atoms with Gasteiger partial charge in [0.25, 0.3) is 0 Å². The molecule has 0 fully saturated rings. The van der Waals surface area contributed by atoms with E-state index >= 15 is 0 Å². The molecule has 2 heterocycles. The average Bonchev–Trinajstić information content (AvgIpc) is 3.64. The van der Waals surface area contributed by atoms with Crippen LogP contribution in [0.4, 0.5) is 37.1 Å². The van der Waals surface area contributed by atoms with E-state index < -0.39 is 11.7 Å². The molecule has 0 saturated heterocycles. The Morgan fingerprint density at radius 1 is 0.689 bits per heavy atom. The van der Waals surface area contributed by atoms with E-state index in [1.807, 2.05) is 87.0 Å². The van der Waals surface area contributed by atoms with Crippen LogP contribution in [-0.4, -0.2) is 35.8 Å². The van der Waals surface area contributed by atoms with Gasteiger partial charge in [0, 0.05) is 21.8 Å². The number of hydrogen-bond acceptors (Lipinski definition) is 7. The van der Waals surface area contributed by atoms with E-state index in [1.54, 1.807) is 55.6 Å². The first-order chi connectivity index (χ1) is 21.2. The lowest BCUT2D eigenvalue weighted by molar-refractivity contribution is 0.0636. The Bertz CT molecular complexity index is 1560. The number of amides is 5. The summed E-state index contributed by atoms with van der Waals surface area (Å²) in [5, 5.41) is 17.8. The summed E-state index contributed by atoms with van der Waals surface area (Å²) in [4.78, 5) is 38.1. The number of carbonyl (C=O) groups excluding carboxylic acids is 3. The van der Waals surface area contributed by atoms with Crippen molar-refractivity contribution >= 4 is 63.6 Å². The third-order valence-corrected chi connectivity index (χ3v) is 7.49. The predicted molar refractivity (Wildman–Crippen MR) is 188 cm³/mol. The maximum absolute atomic E-state index is 12.1. The molecule has 0 radical (unpaired) electrons. The van der Waals surface area contributed by atoms with Crippen molar-refractivity contribution in [2.24, 2.45) is 0 Å². The summed E-state index contributed by atoms with van der Waals surface area (Å²) in [5.74, 6) is 0. The van der Waals surface area contributed by atoms with Crippen LogP contribution in [0.25, 0.3) is 20.9 Å². The Hall–Kier alpha value is -4.55. The fourth-order valence-electron chi connectivity index (χ4n) is 3.87. The Labute approximate surface area is 272 Å². The lowest BCUT2D eigenvalue weighted by Gasteiger charge is -2.21. The Morgan fingerprint density at radius 2 is 1.18 bits per heavy atom. The van der Waals surface area contributed by atoms with E-state index in [0.29, 0.717) is 22.7 Å². The molecule has 2 aromatic heterocycles. The van der Waals surface area contributed by atoms with E-state index in [2.05, 4.69) is 26.6 Å². The first-order valence-corrected chi connectivity index (χ1v) is 16.2. The average molecular weight is 651 g/mol. The maximum Gasteiger partial charge on any atom is 0.412 e. The Kier molecular flexibility index (Phi) is 12.4. The summed E-state index contributed by atoms with van der Waals surface area (Å²) in [6.45, 7) is 12.9. The summed E-state index contributed by atoms with van der Waals surface area (Å²) in [6.07, 6.45) is -0.575. The number of nitrogens with two attached hydrogens (primary N) is 1. The summed E-state index contributed by atoms with van der Waals surface area (Å²) in [6, 6.07) is 18.6. The molecule has 7 N–H and O–H groups in total. The van der Waals surface area contributed by atoms with Crippen molar-refractivity contribution in [1.29, 1.82) is 0 Å². The number of thiophene rings is 2. The van der Waals surface area contributed by atoms with Crippen LogP contribution in [0.1, 0.15) is 48.5 Å². The van der Waals surface area contributed by atoms with Crippen LogP contribution in [0.2, 0.25) is 0 Å². The second kappa shape index (κ2) is 16.0. The summed E-state index contributed by atoms with van der Waals surface area (Å²) < 4.78 is 5.29. The molecule has 4 rings (SSSR count). The number of nitrogens with one attached hydrogen (secondary N) is 5. The van der Waals surface area contributed by atoms with Gasteiger partial charge in [-0.3, -0.25) is 5.32 Å². The second-order valence-electron chi connectivity index (χ2n) is 11.7. The molecular weight excluding hydrogens is 609 g/mol. The van der Waals surface area contributed by atoms with Crippen molar-refractivity contribution in [3.63, 3.8) is 0 Å². The van der Waals surface area contributed by atoms with Gasteiger partial charge in [-0.05, 0) is 107 Å². The molecule has 2 aromatic carbocycles. The normalized spacial score (nSPS) is 10.9. The van der Waals surface area contributed by atoms with E-state index in [0.717, 1.165) is 20.9 Å². The van der Waals surface area contributed by atoms with Crippen LogP contribution in [0, 0.1) is 0 Å². The Balaban J connectivity index is 0.000000257. The van der Waals surface area contributed by atoms with E-state index in [4.69, 9.17) is 10.5 Å². The highest BCUT2D eigenvalue weighted by Gasteiger charge is 2.18. The number of hydrogen-bond donors (Lipinski definition) is 6. The fourth-order valence-corrected chi connectivity index (χ4v) is 5.32. The third kappa shape index (κ3) is 11.8. The summed E-state index contributed by atoms with van der Waals surface area (Å²) >= 11 is 3.25. The zero-order valence-corrected chi connectivity index (χ0v) is 28.2. The highest BCUT2D eigenvalue weighted by Crippen LogP contribution is 2.32. The second-order valence-corrected chi connectivity index (χ2v) is 13.5. The van der Waals surface area contributed by atoms with E-state index in [1.165, 1.54) is 0 Å². The zero-order chi connectivity index (χ0) is 33.1. The molecule has 10 nitrogen and oxygen atoms in total. The van der Waals surface area contributed by atoms with E-state index in [-0.39, 0.29) is 24.1 Å². The SMILES string of the molecule is CC(C)NC(=O)Nc1cc(-c2cccs2)ccc1N.CC(C)NC(=O)Nc1cc(-c2cccs2)ccc1NC(=O)OC(C)(C)C. The van der Waals surface area contributed by atoms with Crippen molar-refractivity contribution in [3.05, 3.63) is 71.4 Å². The topological polar surface area (TPSA) is 147 Å². The molecule has 0 spiro atoms. The molecule has 45 heavy (non-hydrogen) atoms. The minimum Gasteiger partial charge on any atom is -0.444 e. The van der Waals surface area contributed by atoms with Crippen molar-refractivity contribution in [2.45, 2.75) is 66.2 Å². The van der Waals surface area contributed by atoms with Gasteiger partial charge in [-0.2, -0.15) is 0 Å². The van der Waals surface area contributed by atoms with E-state index in [9.17, 15) is 14.4 Å². The molecule has 240 valence electrons. The molecule has 12 heteroatoms. The third-order valence-electron chi connectivity index (χ3n) is 5.66. The molecule has 5 amide bonds. The van der Waals surface area contributed by atoms with Crippen LogP contribution >= 0.6 is 22.7 Å². The van der Waals surface area contributed by atoms with Crippen LogP contribution < -0.4 is 32.3 Å². The highest BCUT2D eigenvalue weighted by molar-refractivity contribution is 7.13. The number of urea groups is 2. The maximum atomic E-state index is 12.1. The predicted octanol–water partition coefficient (Wildman–Crippen LogP) is 8.82. The summed E-state index contributed by atoms with van der Waals surface area (Å²) in [5.41, 5.74) is 9.43. The van der Waals surface area contributed by atoms with Crippen LogP contribution in [0.5, 0.6) is 0 Å². The fraction of sp³-hybridized carbons (Fsp3) is 0.303. The van der Waals surface area contributed by atoms with Crippen LogP contribution in [-0.2, 0) is 4.74 Å². The Morgan fingerprint density at radius 3 is 1.64 bits per heavy atom. The van der Waals surface area contributed by atoms with Crippen molar-refractivity contribution in [1.82, 2.24) is 10.6 Å². The number of nitrogen functional groups attached to an aromatic ring is 1. The van der Waals surface area contributed by atoms with Gasteiger partial charge in [0.05, 0.1) is 22.7 Å². The minimum absolute atomic E-state index is 0.00209. The van der Waals surface area contributed by atoms with Gasteiger partial charge >= 0.3 is 18.2 Å². The smallest absolute Gasteiger partial charge is 0.412 e. The lowest BCUT2D eigenvalue weighted by atomic mass is 10.1. The molecule has 0 saturated carbocycles. The molecule has 0 unspecified atom stereocenters. The molecule has 0 aliphatic rings. The standard InChI is InChI=1S/C19H25N3O3S.C14H17N3OS/c1-12(2)20-17(23)21-15-11-13(16-7-6-10-26-16)8-9-14(15)22-18(24)25-19(3,4)5;1-9(2)16-14(18)17-12-8-10(5-6-11(12)15)13-4-3-7-19-13/h6-12H,1-5H3,(H,22,24)(H2,20,21,23);3-9H,15H2,1-2H3,(H2,16,17,18). The number of benzene rings is 2. The number of rotatable bonds is 7. The molecule has 0 aliphatic carbocycles. The highest BCUT2D eigenvalue weighted by atomic mass is 32.1. The number of carbonyl (C=O) groups is 3. The monoisotopic (exact) mass is 650 g/mol. The van der Waals surface area contributed by atoms with Crippen molar-refractivity contribution < 1.29 is 19.1 Å². The molecular formula is C33H42N6O4S2. The van der Waals surface area contributed by atoms with Gasteiger partial charge in [0.1, 0.15) is 5.60 Å². The van der Waals surface area contributed by atoms with Crippen molar-refractivity contribution in [2.75, 3.05) is 21.7 Å². The quantitative estimate of drug-likeness (QED) is 0.111. The largest absolute Gasteiger partial charge is 0.444 e. The lowest BCUT2D eigenvalue weighted by Crippen LogP contribution is -2.34. The molecule has 4 aromatic rings. The van der Waals surface area contributed by atoms with Crippen molar-refractivity contribution in [3.8, 4) is 20.9 Å². The zero-order valence-electron chi connectivity index (χ0n) is 26.6. The summed E-state index contributed by atoms with van der Waals surface area (Å²) in [7, 11) is 0. The first-order valence-electron chi connectivity index (χ1n) is 14.5. The number of ether oxygens (including phenoxy) is 1. The number of anilines is 4. The molecule has 0 bridgehead atoms. The van der Waals surface area contributed by atoms with Crippen LogP contribution in [0.3, 0.4) is 0 Å². The first kappa shape index (κ1) is 34.9. The van der Waals surface area contributed by atoms with Gasteiger partial charge in [-0.15, -0.1) is 22.7 Å². The van der Waals surface area contributed by atoms with Gasteiger partial charge < -0.3 is 31.7 Å². The van der Waals surface area contributed by atoms with Gasteiger partial charge in [0.15, 0.2) is 0 Å². The molecule has 0 atom stereocenters. The molecule has 0 aliphatic heterocycles. The minimum atomic E-state index is -0.608. The van der Waals surface area contributed by atoms with Gasteiger partial charge in [-0.1, -0.05) is 24.3 Å². The van der Waals surface area contributed by atoms with Crippen LogP contribution in [0.15, 0.2) is 71.4 Å².